The van der Waals surface area contributed by atoms with Crippen molar-refractivity contribution in [3.63, 3.8) is 0 Å². The number of halogens is 3. The van der Waals surface area contributed by atoms with Gasteiger partial charge in [-0.05, 0) is 30.0 Å². The van der Waals surface area contributed by atoms with E-state index in [0.717, 1.165) is 6.07 Å². The molecule has 0 saturated heterocycles. The first-order chi connectivity index (χ1) is 9.52. The molecule has 0 spiro atoms. The van der Waals surface area contributed by atoms with Crippen LogP contribution < -0.4 is 5.32 Å². The summed E-state index contributed by atoms with van der Waals surface area (Å²) in [5.41, 5.74) is -1.90. The van der Waals surface area contributed by atoms with E-state index in [1.54, 1.807) is 0 Å². The van der Waals surface area contributed by atoms with E-state index >= 15 is 0 Å². The molecule has 114 valence electrons. The van der Waals surface area contributed by atoms with E-state index < -0.39 is 23.6 Å². The summed E-state index contributed by atoms with van der Waals surface area (Å²) in [5, 5.41) is 11.3. The Labute approximate surface area is 119 Å². The van der Waals surface area contributed by atoms with Gasteiger partial charge in [-0.1, -0.05) is 13.8 Å². The van der Waals surface area contributed by atoms with Crippen LogP contribution in [0.1, 0.15) is 36.2 Å². The Balaban J connectivity index is 2.31. The summed E-state index contributed by atoms with van der Waals surface area (Å²) in [4.78, 5) is 23.0. The quantitative estimate of drug-likeness (QED) is 0.899. The largest absolute Gasteiger partial charge is 0.478 e. The highest BCUT2D eigenvalue weighted by Crippen LogP contribution is 2.52. The Morgan fingerprint density at radius 2 is 1.90 bits per heavy atom. The van der Waals surface area contributed by atoms with Crippen LogP contribution >= 0.6 is 0 Å². The Kier molecular flexibility index (Phi) is 3.47. The molecule has 1 aliphatic carbocycles. The normalized spacial score (nSPS) is 20.0. The Morgan fingerprint density at radius 1 is 1.33 bits per heavy atom. The average Bonchev–Trinajstić information content (AvgIpc) is 2.97. The van der Waals surface area contributed by atoms with Crippen LogP contribution in [-0.4, -0.2) is 17.0 Å². The molecule has 2 rings (SSSR count). The number of nitrogens with one attached hydrogen (secondary N) is 1. The van der Waals surface area contributed by atoms with Crippen LogP contribution in [-0.2, 0) is 11.0 Å². The monoisotopic (exact) mass is 301 g/mol. The highest BCUT2D eigenvalue weighted by Gasteiger charge is 2.50. The summed E-state index contributed by atoms with van der Waals surface area (Å²) < 4.78 is 38.0. The van der Waals surface area contributed by atoms with Gasteiger partial charge in [-0.2, -0.15) is 13.2 Å². The SMILES string of the molecule is CC1(C)CC1C(=O)Nc1cc(C(F)(F)F)ccc1C(=O)O. The number of carboxylic acid groups (broad SMARTS) is 1. The van der Waals surface area contributed by atoms with E-state index in [2.05, 4.69) is 5.32 Å². The average molecular weight is 301 g/mol. The predicted octanol–water partition coefficient (Wildman–Crippen LogP) is 3.39. The first-order valence-electron chi connectivity index (χ1n) is 6.28. The second-order valence-corrected chi connectivity index (χ2v) is 5.80. The van der Waals surface area contributed by atoms with Gasteiger partial charge in [0, 0.05) is 5.92 Å². The van der Waals surface area contributed by atoms with Crippen molar-refractivity contribution >= 4 is 17.6 Å². The standard InChI is InChI=1S/C14H14F3NO3/c1-13(2)6-9(13)11(19)18-10-5-7(14(15,16)17)3-4-8(10)12(20)21/h3-5,9H,6H2,1-2H3,(H,18,19)(H,20,21). The van der Waals surface area contributed by atoms with Crippen LogP contribution in [0.15, 0.2) is 18.2 Å². The fraction of sp³-hybridized carbons (Fsp3) is 0.429. The molecule has 0 aromatic heterocycles. The third-order valence-corrected chi connectivity index (χ3v) is 3.67. The van der Waals surface area contributed by atoms with E-state index in [1.165, 1.54) is 0 Å². The fourth-order valence-electron chi connectivity index (χ4n) is 2.15. The number of aromatic carboxylic acids is 1. The van der Waals surface area contributed by atoms with Gasteiger partial charge >= 0.3 is 12.1 Å². The molecule has 0 bridgehead atoms. The third kappa shape index (κ3) is 3.17. The lowest BCUT2D eigenvalue weighted by Gasteiger charge is -2.13. The highest BCUT2D eigenvalue weighted by atomic mass is 19.4. The third-order valence-electron chi connectivity index (χ3n) is 3.67. The van der Waals surface area contributed by atoms with Crippen molar-refractivity contribution in [2.24, 2.45) is 11.3 Å². The maximum atomic E-state index is 12.7. The van der Waals surface area contributed by atoms with Crippen molar-refractivity contribution in [2.45, 2.75) is 26.4 Å². The van der Waals surface area contributed by atoms with Crippen molar-refractivity contribution < 1.29 is 27.9 Å². The number of carboxylic acids is 1. The summed E-state index contributed by atoms with van der Waals surface area (Å²) >= 11 is 0. The topological polar surface area (TPSA) is 66.4 Å². The number of anilines is 1. The van der Waals surface area contributed by atoms with Crippen molar-refractivity contribution in [2.75, 3.05) is 5.32 Å². The van der Waals surface area contributed by atoms with E-state index in [-0.39, 0.29) is 22.6 Å². The van der Waals surface area contributed by atoms with Crippen LogP contribution in [0.5, 0.6) is 0 Å². The van der Waals surface area contributed by atoms with Gasteiger partial charge < -0.3 is 10.4 Å². The number of hydrogen-bond donors (Lipinski definition) is 2. The van der Waals surface area contributed by atoms with Crippen molar-refractivity contribution in [3.05, 3.63) is 29.3 Å². The summed E-state index contributed by atoms with van der Waals surface area (Å²) in [6.45, 7) is 3.73. The zero-order valence-electron chi connectivity index (χ0n) is 11.4. The number of benzene rings is 1. The summed E-state index contributed by atoms with van der Waals surface area (Å²) in [5.74, 6) is -2.16. The molecular formula is C14H14F3NO3. The molecule has 1 amide bonds. The number of alkyl halides is 3. The lowest BCUT2D eigenvalue weighted by molar-refractivity contribution is -0.137. The van der Waals surface area contributed by atoms with Gasteiger partial charge in [-0.3, -0.25) is 4.79 Å². The van der Waals surface area contributed by atoms with Crippen molar-refractivity contribution in [1.29, 1.82) is 0 Å². The molecule has 1 saturated carbocycles. The number of rotatable bonds is 3. The van der Waals surface area contributed by atoms with Crippen LogP contribution in [0.4, 0.5) is 18.9 Å². The smallest absolute Gasteiger partial charge is 0.416 e. The lowest BCUT2D eigenvalue weighted by atomic mass is 10.1. The second-order valence-electron chi connectivity index (χ2n) is 5.80. The molecule has 1 aliphatic rings. The number of hydrogen-bond acceptors (Lipinski definition) is 2. The first kappa shape index (κ1) is 15.3. The Morgan fingerprint density at radius 3 is 2.33 bits per heavy atom. The maximum absolute atomic E-state index is 12.7. The van der Waals surface area contributed by atoms with E-state index in [1.807, 2.05) is 13.8 Å². The molecule has 0 radical (unpaired) electrons. The first-order valence-corrected chi connectivity index (χ1v) is 6.28. The Hall–Kier alpha value is -2.05. The molecule has 1 atom stereocenters. The molecule has 0 heterocycles. The minimum atomic E-state index is -4.60. The molecular weight excluding hydrogens is 287 g/mol. The molecule has 21 heavy (non-hydrogen) atoms. The van der Waals surface area contributed by atoms with E-state index in [9.17, 15) is 22.8 Å². The summed E-state index contributed by atoms with van der Waals surface area (Å²) in [7, 11) is 0. The highest BCUT2D eigenvalue weighted by molar-refractivity contribution is 6.02. The van der Waals surface area contributed by atoms with Crippen LogP contribution in [0.2, 0.25) is 0 Å². The van der Waals surface area contributed by atoms with Gasteiger partial charge in [0.25, 0.3) is 0 Å². The molecule has 1 aromatic carbocycles. The minimum Gasteiger partial charge on any atom is -0.478 e. The molecule has 1 aromatic rings. The minimum absolute atomic E-state index is 0.199. The van der Waals surface area contributed by atoms with Crippen molar-refractivity contribution in [1.82, 2.24) is 0 Å². The van der Waals surface area contributed by atoms with Gasteiger partial charge in [0.05, 0.1) is 16.8 Å². The van der Waals surface area contributed by atoms with E-state index in [0.29, 0.717) is 18.6 Å². The van der Waals surface area contributed by atoms with Gasteiger partial charge in [-0.25, -0.2) is 4.79 Å². The number of carbonyl (C=O) groups is 2. The van der Waals surface area contributed by atoms with Crippen LogP contribution in [0.3, 0.4) is 0 Å². The molecule has 1 fully saturated rings. The van der Waals surface area contributed by atoms with Crippen molar-refractivity contribution in [3.8, 4) is 0 Å². The Bertz CT molecular complexity index is 608. The summed E-state index contributed by atoms with van der Waals surface area (Å²) in [6.07, 6.45) is -3.98. The number of carbonyl (C=O) groups excluding carboxylic acids is 1. The van der Waals surface area contributed by atoms with Gasteiger partial charge in [0.2, 0.25) is 5.91 Å². The van der Waals surface area contributed by atoms with Crippen LogP contribution in [0, 0.1) is 11.3 Å². The maximum Gasteiger partial charge on any atom is 0.416 e. The van der Waals surface area contributed by atoms with E-state index in [4.69, 9.17) is 5.11 Å². The number of amides is 1. The summed E-state index contributed by atoms with van der Waals surface area (Å²) in [6, 6.07) is 2.18. The molecule has 7 heteroatoms. The lowest BCUT2D eigenvalue weighted by Crippen LogP contribution is -2.19. The zero-order valence-corrected chi connectivity index (χ0v) is 11.4. The zero-order chi connectivity index (χ0) is 16.0. The van der Waals surface area contributed by atoms with Crippen LogP contribution in [0.25, 0.3) is 0 Å². The van der Waals surface area contributed by atoms with Gasteiger partial charge in [-0.15, -0.1) is 0 Å². The molecule has 1 unspecified atom stereocenters. The van der Waals surface area contributed by atoms with Gasteiger partial charge in [0.15, 0.2) is 0 Å². The molecule has 0 aliphatic heterocycles. The molecule has 2 N–H and O–H groups in total. The predicted molar refractivity (Wildman–Crippen MR) is 68.9 cm³/mol. The molecule has 4 nitrogen and oxygen atoms in total. The fourth-order valence-corrected chi connectivity index (χ4v) is 2.15. The second kappa shape index (κ2) is 4.75. The van der Waals surface area contributed by atoms with Gasteiger partial charge in [0.1, 0.15) is 0 Å².